The monoisotopic (exact) mass is 783 g/mol. The number of pyridine rings is 1. The van der Waals surface area contributed by atoms with Gasteiger partial charge in [0.15, 0.2) is 0 Å². The van der Waals surface area contributed by atoms with Crippen molar-refractivity contribution in [3.8, 4) is 5.88 Å². The Bertz CT molecular complexity index is 2030. The van der Waals surface area contributed by atoms with E-state index in [9.17, 15) is 9.90 Å². The number of nitrogens with zero attached hydrogens (tertiary/aromatic N) is 5. The summed E-state index contributed by atoms with van der Waals surface area (Å²) in [6, 6.07) is 19.4. The van der Waals surface area contributed by atoms with Gasteiger partial charge in [-0.3, -0.25) is 4.90 Å². The lowest BCUT2D eigenvalue weighted by molar-refractivity contribution is 0.0697. The van der Waals surface area contributed by atoms with E-state index in [4.69, 9.17) is 26.1 Å². The van der Waals surface area contributed by atoms with Gasteiger partial charge >= 0.3 is 5.97 Å². The van der Waals surface area contributed by atoms with Crippen LogP contribution in [-0.4, -0.2) is 85.6 Å². The number of carboxylic acids is 1. The number of carbonyl (C=O) groups is 1. The SMILES string of the molecule is C[C@H]1CCN(c2cc(N3CCN(CCC4=C(c5ccc(Cl)cc5)CC(C)(C)CC4)CC3)ccc2C(=O)O)c2cc3ccn(COCC[Si](C)(C)C)c3nc2O1. The third kappa shape index (κ3) is 9.42. The zero-order valence-electron chi connectivity index (χ0n) is 33.5. The third-order valence-corrected chi connectivity index (χ3v) is 13.6. The molecule has 4 aromatic rings. The standard InChI is InChI=1S/C44H58ClN5O4Si/c1-31-14-20-50(40-27-34-16-19-49(41(34)46-42(40)54-31)30-53-25-26-55(4,5)6)39-28-36(11-12-37(39)43(51)52)48-23-21-47(22-24-48)18-15-33-13-17-44(2,3)29-38(33)32-7-9-35(45)10-8-32/h7-12,16,19,27-28,31H,13-15,17-18,20-26,29-30H2,1-6H3,(H,51,52)/t31-/m0/s1. The molecular weight excluding hydrogens is 726 g/mol. The maximum Gasteiger partial charge on any atom is 0.337 e. The molecule has 294 valence electrons. The highest BCUT2D eigenvalue weighted by Crippen LogP contribution is 2.45. The minimum absolute atomic E-state index is 0.0761. The van der Waals surface area contributed by atoms with Gasteiger partial charge in [0.25, 0.3) is 0 Å². The Labute approximate surface area is 332 Å². The molecule has 11 heteroatoms. The van der Waals surface area contributed by atoms with Gasteiger partial charge in [0.2, 0.25) is 5.88 Å². The van der Waals surface area contributed by atoms with Crippen molar-refractivity contribution in [1.82, 2.24) is 14.5 Å². The van der Waals surface area contributed by atoms with E-state index in [1.54, 1.807) is 11.6 Å². The van der Waals surface area contributed by atoms with E-state index in [-0.39, 0.29) is 11.7 Å². The van der Waals surface area contributed by atoms with Gasteiger partial charge in [0.1, 0.15) is 18.1 Å². The molecule has 1 atom stereocenters. The van der Waals surface area contributed by atoms with Gasteiger partial charge in [-0.2, -0.15) is 4.98 Å². The molecule has 9 nitrogen and oxygen atoms in total. The number of halogens is 1. The summed E-state index contributed by atoms with van der Waals surface area (Å²) in [7, 11) is -1.19. The summed E-state index contributed by atoms with van der Waals surface area (Å²) in [4.78, 5) is 24.8. The first-order valence-electron chi connectivity index (χ1n) is 20.1. The number of carboxylic acid groups (broad SMARTS) is 1. The van der Waals surface area contributed by atoms with Crippen molar-refractivity contribution in [2.45, 2.75) is 91.4 Å². The summed E-state index contributed by atoms with van der Waals surface area (Å²) in [6.45, 7) is 20.4. The van der Waals surface area contributed by atoms with Crippen LogP contribution in [0.25, 0.3) is 16.6 Å². The molecular formula is C44H58ClN5O4Si. The van der Waals surface area contributed by atoms with Crippen LogP contribution in [0.5, 0.6) is 5.88 Å². The van der Waals surface area contributed by atoms with E-state index >= 15 is 0 Å². The van der Waals surface area contributed by atoms with Gasteiger partial charge in [0.05, 0.1) is 17.4 Å². The fourth-order valence-electron chi connectivity index (χ4n) is 8.15. The summed E-state index contributed by atoms with van der Waals surface area (Å²) < 4.78 is 14.5. The van der Waals surface area contributed by atoms with Crippen molar-refractivity contribution in [3.05, 3.63) is 82.5 Å². The summed E-state index contributed by atoms with van der Waals surface area (Å²) in [5.74, 6) is -0.425. The van der Waals surface area contributed by atoms with Crippen LogP contribution in [0, 0.1) is 5.41 Å². The molecule has 1 fully saturated rings. The van der Waals surface area contributed by atoms with Crippen LogP contribution in [-0.2, 0) is 11.5 Å². The fraction of sp³-hybridized carbons (Fsp3) is 0.500. The van der Waals surface area contributed by atoms with Gasteiger partial charge in [-0.05, 0) is 97.7 Å². The fourth-order valence-corrected chi connectivity index (χ4v) is 9.03. The van der Waals surface area contributed by atoms with E-state index in [1.165, 1.54) is 17.6 Å². The zero-order chi connectivity index (χ0) is 38.9. The number of aromatic carboxylic acids is 1. The summed E-state index contributed by atoms with van der Waals surface area (Å²) in [6.07, 6.45) is 7.21. The highest BCUT2D eigenvalue weighted by molar-refractivity contribution is 6.76. The molecule has 7 rings (SSSR count). The molecule has 2 aliphatic heterocycles. The van der Waals surface area contributed by atoms with Crippen LogP contribution in [0.2, 0.25) is 30.7 Å². The Kier molecular flexibility index (Phi) is 11.7. The van der Waals surface area contributed by atoms with Crippen molar-refractivity contribution < 1.29 is 19.4 Å². The summed E-state index contributed by atoms with van der Waals surface area (Å²) in [5.41, 5.74) is 8.27. The molecule has 0 bridgehead atoms. The van der Waals surface area contributed by atoms with Gasteiger partial charge in [-0.15, -0.1) is 0 Å². The number of allylic oxidation sites excluding steroid dienone is 1. The normalized spacial score (nSPS) is 19.4. The second-order valence-corrected chi connectivity index (χ2v) is 23.8. The summed E-state index contributed by atoms with van der Waals surface area (Å²) in [5, 5.41) is 12.2. The average molecular weight is 785 g/mol. The first-order chi connectivity index (χ1) is 26.2. The molecule has 2 aromatic heterocycles. The predicted octanol–water partition coefficient (Wildman–Crippen LogP) is 10.2. The minimum atomic E-state index is -1.19. The Morgan fingerprint density at radius 3 is 2.51 bits per heavy atom. The van der Waals surface area contributed by atoms with Crippen LogP contribution in [0.15, 0.2) is 66.4 Å². The molecule has 55 heavy (non-hydrogen) atoms. The quantitative estimate of drug-likeness (QED) is 0.112. The first-order valence-corrected chi connectivity index (χ1v) is 24.1. The number of hydrogen-bond acceptors (Lipinski definition) is 7. The number of hydrogen-bond donors (Lipinski definition) is 1. The topological polar surface area (TPSA) is 83.3 Å². The smallest absolute Gasteiger partial charge is 0.337 e. The zero-order valence-corrected chi connectivity index (χ0v) is 35.3. The predicted molar refractivity (Wildman–Crippen MR) is 228 cm³/mol. The van der Waals surface area contributed by atoms with Crippen molar-refractivity contribution in [1.29, 1.82) is 0 Å². The number of rotatable bonds is 12. The van der Waals surface area contributed by atoms with Crippen LogP contribution in [0.1, 0.15) is 68.8 Å². The van der Waals surface area contributed by atoms with E-state index in [2.05, 4.69) is 85.4 Å². The van der Waals surface area contributed by atoms with E-state index < -0.39 is 14.0 Å². The highest BCUT2D eigenvalue weighted by Gasteiger charge is 2.30. The lowest BCUT2D eigenvalue weighted by Crippen LogP contribution is -2.46. The molecule has 1 aliphatic carbocycles. The Morgan fingerprint density at radius 2 is 1.78 bits per heavy atom. The van der Waals surface area contributed by atoms with Crippen molar-refractivity contribution >= 4 is 59.3 Å². The largest absolute Gasteiger partial charge is 0.478 e. The van der Waals surface area contributed by atoms with Crippen molar-refractivity contribution in [2.75, 3.05) is 55.7 Å². The molecule has 3 aliphatic rings. The molecule has 4 heterocycles. The maximum absolute atomic E-state index is 12.7. The van der Waals surface area contributed by atoms with Gasteiger partial charge in [0, 0.05) is 82.7 Å². The molecule has 2 aromatic carbocycles. The van der Waals surface area contributed by atoms with Crippen LogP contribution >= 0.6 is 11.6 Å². The highest BCUT2D eigenvalue weighted by atomic mass is 35.5. The molecule has 1 saturated heterocycles. The first kappa shape index (κ1) is 39.4. The molecule has 0 saturated carbocycles. The van der Waals surface area contributed by atoms with Crippen LogP contribution in [0.3, 0.4) is 0 Å². The number of piperazine rings is 1. The Balaban J connectivity index is 1.07. The Hall–Kier alpha value is -3.83. The third-order valence-electron chi connectivity index (χ3n) is 11.6. The average Bonchev–Trinajstić information content (AvgIpc) is 3.45. The van der Waals surface area contributed by atoms with E-state index in [1.807, 2.05) is 29.0 Å². The van der Waals surface area contributed by atoms with Gasteiger partial charge in [-0.25, -0.2) is 4.79 Å². The van der Waals surface area contributed by atoms with Crippen LogP contribution < -0.4 is 14.5 Å². The molecule has 1 N–H and O–H groups in total. The van der Waals surface area contributed by atoms with E-state index in [0.717, 1.165) is 98.5 Å². The lowest BCUT2D eigenvalue weighted by Gasteiger charge is -2.38. The second kappa shape index (κ2) is 16.3. The number of anilines is 3. The second-order valence-electron chi connectivity index (χ2n) is 17.7. The van der Waals surface area contributed by atoms with Crippen molar-refractivity contribution in [2.24, 2.45) is 5.41 Å². The number of ether oxygens (including phenoxy) is 2. The lowest BCUT2D eigenvalue weighted by atomic mass is 9.72. The Morgan fingerprint density at radius 1 is 1.02 bits per heavy atom. The molecule has 0 spiro atoms. The van der Waals surface area contributed by atoms with E-state index in [0.29, 0.717) is 30.3 Å². The molecule has 0 amide bonds. The molecule has 0 unspecified atom stereocenters. The number of aromatic nitrogens is 2. The van der Waals surface area contributed by atoms with Crippen molar-refractivity contribution in [3.63, 3.8) is 0 Å². The number of benzene rings is 2. The van der Waals surface area contributed by atoms with Gasteiger partial charge < -0.3 is 28.9 Å². The van der Waals surface area contributed by atoms with Gasteiger partial charge in [-0.1, -0.05) is 62.8 Å². The molecule has 0 radical (unpaired) electrons. The number of fused-ring (bicyclic) bond motifs is 2. The maximum atomic E-state index is 12.7. The summed E-state index contributed by atoms with van der Waals surface area (Å²) >= 11 is 6.24. The van der Waals surface area contributed by atoms with Crippen LogP contribution in [0.4, 0.5) is 17.1 Å². The minimum Gasteiger partial charge on any atom is -0.478 e.